The molecule has 1 aromatic rings. The van der Waals surface area contributed by atoms with E-state index in [0.717, 1.165) is 0 Å². The van der Waals surface area contributed by atoms with Crippen molar-refractivity contribution in [1.29, 1.82) is 0 Å². The zero-order valence-corrected chi connectivity index (χ0v) is 7.59. The lowest BCUT2D eigenvalue weighted by Crippen LogP contribution is -2.08. The van der Waals surface area contributed by atoms with Gasteiger partial charge in [-0.3, -0.25) is 4.57 Å². The second-order valence-corrected chi connectivity index (χ2v) is 2.46. The maximum atomic E-state index is 12.3. The number of nitrogens with one attached hydrogen (secondary N) is 1. The van der Waals surface area contributed by atoms with Crippen LogP contribution in [0.2, 0.25) is 0 Å². The summed E-state index contributed by atoms with van der Waals surface area (Å²) in [5.74, 6) is 0.124. The molecule has 0 radical (unpaired) electrons. The smallest absolute Gasteiger partial charge is 0.297 e. The molecule has 1 aromatic heterocycles. The Morgan fingerprint density at radius 1 is 1.38 bits per heavy atom. The molecule has 0 fully saturated rings. The molecular formula is C7H12F2N4. The summed E-state index contributed by atoms with van der Waals surface area (Å²) in [6.45, 7) is 4.73. The van der Waals surface area contributed by atoms with Crippen LogP contribution in [0, 0.1) is 0 Å². The summed E-state index contributed by atoms with van der Waals surface area (Å²) in [6.07, 6.45) is -2.57. The van der Waals surface area contributed by atoms with Crippen molar-refractivity contribution in [3.05, 3.63) is 5.82 Å². The quantitative estimate of drug-likeness (QED) is 0.785. The van der Waals surface area contributed by atoms with Gasteiger partial charge in [0.05, 0.1) is 0 Å². The Labute approximate surface area is 75.0 Å². The first-order valence-electron chi connectivity index (χ1n) is 4.15. The highest BCUT2D eigenvalue weighted by molar-refractivity contribution is 5.25. The van der Waals surface area contributed by atoms with Gasteiger partial charge in [-0.15, -0.1) is 10.2 Å². The summed E-state index contributed by atoms with van der Waals surface area (Å²) in [7, 11) is 0. The normalized spacial score (nSPS) is 10.8. The molecule has 0 aliphatic carbocycles. The average molecular weight is 190 g/mol. The number of anilines is 1. The van der Waals surface area contributed by atoms with Crippen LogP contribution in [0.4, 0.5) is 14.7 Å². The molecule has 4 nitrogen and oxygen atoms in total. The van der Waals surface area contributed by atoms with Crippen LogP contribution >= 0.6 is 0 Å². The van der Waals surface area contributed by atoms with E-state index in [4.69, 9.17) is 0 Å². The first-order valence-corrected chi connectivity index (χ1v) is 4.15. The second-order valence-electron chi connectivity index (χ2n) is 2.46. The summed E-state index contributed by atoms with van der Waals surface area (Å²) in [6, 6.07) is 0. The van der Waals surface area contributed by atoms with Gasteiger partial charge in [0, 0.05) is 13.1 Å². The fourth-order valence-electron chi connectivity index (χ4n) is 1.08. The molecule has 1 heterocycles. The van der Waals surface area contributed by atoms with E-state index in [0.29, 0.717) is 19.0 Å². The van der Waals surface area contributed by atoms with Gasteiger partial charge in [-0.05, 0) is 13.8 Å². The molecule has 0 aliphatic heterocycles. The van der Waals surface area contributed by atoms with E-state index < -0.39 is 6.43 Å². The maximum absolute atomic E-state index is 12.3. The zero-order chi connectivity index (χ0) is 9.84. The van der Waals surface area contributed by atoms with Gasteiger partial charge < -0.3 is 5.32 Å². The molecule has 0 bridgehead atoms. The number of hydrogen-bond donors (Lipinski definition) is 1. The van der Waals surface area contributed by atoms with Crippen molar-refractivity contribution in [2.75, 3.05) is 11.9 Å². The Balaban J connectivity index is 2.96. The van der Waals surface area contributed by atoms with Gasteiger partial charge in [-0.25, -0.2) is 8.78 Å². The van der Waals surface area contributed by atoms with Crippen molar-refractivity contribution in [2.45, 2.75) is 26.8 Å². The monoisotopic (exact) mass is 190 g/mol. The Hall–Kier alpha value is -1.20. The largest absolute Gasteiger partial charge is 0.355 e. The highest BCUT2D eigenvalue weighted by atomic mass is 19.3. The maximum Gasteiger partial charge on any atom is 0.297 e. The third kappa shape index (κ3) is 1.93. The van der Waals surface area contributed by atoms with Crippen molar-refractivity contribution in [3.8, 4) is 0 Å². The summed E-state index contributed by atoms with van der Waals surface area (Å²) in [5, 5.41) is 9.88. The number of rotatable bonds is 4. The zero-order valence-electron chi connectivity index (χ0n) is 7.59. The van der Waals surface area contributed by atoms with E-state index >= 15 is 0 Å². The number of alkyl halides is 2. The van der Waals surface area contributed by atoms with Crippen molar-refractivity contribution in [1.82, 2.24) is 14.8 Å². The Morgan fingerprint density at radius 2 is 2.08 bits per heavy atom. The predicted octanol–water partition coefficient (Wildman–Crippen LogP) is 1.67. The first-order chi connectivity index (χ1) is 6.20. The van der Waals surface area contributed by atoms with Crippen LogP contribution in [0.15, 0.2) is 0 Å². The number of hydrogen-bond acceptors (Lipinski definition) is 3. The minimum Gasteiger partial charge on any atom is -0.355 e. The lowest BCUT2D eigenvalue weighted by atomic mass is 10.5. The highest BCUT2D eigenvalue weighted by Gasteiger charge is 2.18. The molecule has 13 heavy (non-hydrogen) atoms. The van der Waals surface area contributed by atoms with Gasteiger partial charge in [0.1, 0.15) is 0 Å². The minimum absolute atomic E-state index is 0.279. The third-order valence-electron chi connectivity index (χ3n) is 1.63. The number of halogens is 2. The van der Waals surface area contributed by atoms with Crippen LogP contribution in [0.3, 0.4) is 0 Å². The van der Waals surface area contributed by atoms with Crippen LogP contribution in [-0.2, 0) is 6.54 Å². The predicted molar refractivity (Wildman–Crippen MR) is 44.8 cm³/mol. The van der Waals surface area contributed by atoms with E-state index in [2.05, 4.69) is 15.5 Å². The lowest BCUT2D eigenvalue weighted by molar-refractivity contribution is 0.135. The molecule has 0 amide bonds. The van der Waals surface area contributed by atoms with Gasteiger partial charge >= 0.3 is 0 Å². The van der Waals surface area contributed by atoms with Crippen LogP contribution in [0.5, 0.6) is 0 Å². The van der Waals surface area contributed by atoms with Crippen molar-refractivity contribution < 1.29 is 8.78 Å². The minimum atomic E-state index is -2.57. The molecule has 0 aromatic carbocycles. The molecule has 74 valence electrons. The number of nitrogens with zero attached hydrogens (tertiary/aromatic N) is 3. The summed E-state index contributed by atoms with van der Waals surface area (Å²) in [5.41, 5.74) is 0. The van der Waals surface area contributed by atoms with E-state index in [-0.39, 0.29) is 5.82 Å². The summed E-state index contributed by atoms with van der Waals surface area (Å²) >= 11 is 0. The van der Waals surface area contributed by atoms with Gasteiger partial charge in [0.25, 0.3) is 6.43 Å². The molecule has 6 heteroatoms. The molecule has 0 saturated carbocycles. The Kier molecular flexibility index (Phi) is 3.16. The Morgan fingerprint density at radius 3 is 2.54 bits per heavy atom. The molecule has 1 rings (SSSR count). The van der Waals surface area contributed by atoms with Crippen LogP contribution < -0.4 is 5.32 Å². The van der Waals surface area contributed by atoms with Crippen LogP contribution in [0.1, 0.15) is 26.1 Å². The number of aromatic nitrogens is 3. The molecule has 0 unspecified atom stereocenters. The van der Waals surface area contributed by atoms with Crippen LogP contribution in [0.25, 0.3) is 0 Å². The molecule has 0 saturated heterocycles. The van der Waals surface area contributed by atoms with E-state index in [1.807, 2.05) is 6.92 Å². The fraction of sp³-hybridized carbons (Fsp3) is 0.714. The van der Waals surface area contributed by atoms with Gasteiger partial charge in [-0.2, -0.15) is 0 Å². The van der Waals surface area contributed by atoms with Gasteiger partial charge in [0.2, 0.25) is 11.8 Å². The standard InChI is InChI=1S/C7H12F2N4/c1-3-10-7-12-11-6(5(8)9)13(7)4-2/h5H,3-4H2,1-2H3,(H,10,12). The van der Waals surface area contributed by atoms with Gasteiger partial charge in [-0.1, -0.05) is 0 Å². The molecular weight excluding hydrogens is 178 g/mol. The SMILES string of the molecule is CCNc1nnc(C(F)F)n1CC. The van der Waals surface area contributed by atoms with Crippen molar-refractivity contribution in [3.63, 3.8) is 0 Å². The topological polar surface area (TPSA) is 42.7 Å². The van der Waals surface area contributed by atoms with Crippen molar-refractivity contribution >= 4 is 5.95 Å². The van der Waals surface area contributed by atoms with Gasteiger partial charge in [0.15, 0.2) is 0 Å². The third-order valence-corrected chi connectivity index (χ3v) is 1.63. The van der Waals surface area contributed by atoms with Crippen LogP contribution in [-0.4, -0.2) is 21.3 Å². The van der Waals surface area contributed by atoms with E-state index in [9.17, 15) is 8.78 Å². The van der Waals surface area contributed by atoms with E-state index in [1.54, 1.807) is 6.92 Å². The lowest BCUT2D eigenvalue weighted by Gasteiger charge is -2.06. The average Bonchev–Trinajstić information content (AvgIpc) is 2.48. The Bertz CT molecular complexity index is 271. The first kappa shape index (κ1) is 9.88. The second kappa shape index (κ2) is 4.15. The summed E-state index contributed by atoms with van der Waals surface area (Å²) < 4.78 is 26.0. The molecule has 0 aliphatic rings. The fourth-order valence-corrected chi connectivity index (χ4v) is 1.08. The highest BCUT2D eigenvalue weighted by Crippen LogP contribution is 2.19. The van der Waals surface area contributed by atoms with Crippen molar-refractivity contribution in [2.24, 2.45) is 0 Å². The molecule has 0 spiro atoms. The molecule has 1 N–H and O–H groups in total. The summed E-state index contributed by atoms with van der Waals surface area (Å²) in [4.78, 5) is 0. The van der Waals surface area contributed by atoms with E-state index in [1.165, 1.54) is 4.57 Å². The molecule has 0 atom stereocenters.